The van der Waals surface area contributed by atoms with Gasteiger partial charge in [-0.2, -0.15) is 0 Å². The number of anilines is 1. The average Bonchev–Trinajstić information content (AvgIpc) is 2.89. The number of hydrogen-bond acceptors (Lipinski definition) is 3. The van der Waals surface area contributed by atoms with Gasteiger partial charge in [-0.1, -0.05) is 0 Å². The van der Waals surface area contributed by atoms with Crippen LogP contribution in [0.5, 0.6) is 0 Å². The number of nitrogens with two attached hydrogens (primary N) is 1. The van der Waals surface area contributed by atoms with Crippen LogP contribution < -0.4 is 10.6 Å². The number of rotatable bonds is 5. The second-order valence-corrected chi connectivity index (χ2v) is 5.61. The Balaban J connectivity index is 2.15. The third kappa shape index (κ3) is 3.48. The minimum atomic E-state index is 0.0921. The Hall–Kier alpha value is -1.07. The van der Waals surface area contributed by atoms with E-state index in [0.717, 1.165) is 48.3 Å². The highest BCUT2D eigenvalue weighted by molar-refractivity contribution is 9.10. The standard InChI is InChI=1S/C14H20BrN3O/c1-2-18(9-11-4-3-7-19-11)13-6-5-10(14(16)17)8-12(13)15/h5-6,8,11H,2-4,7,9H2,1H3,(H3,16,17). The minimum absolute atomic E-state index is 0.0921. The van der Waals surface area contributed by atoms with Crippen LogP contribution in [0.1, 0.15) is 25.3 Å². The summed E-state index contributed by atoms with van der Waals surface area (Å²) < 4.78 is 6.67. The molecule has 0 amide bonds. The number of nitrogens with zero attached hydrogens (tertiary/aromatic N) is 1. The van der Waals surface area contributed by atoms with Crippen molar-refractivity contribution < 1.29 is 4.74 Å². The zero-order chi connectivity index (χ0) is 13.8. The lowest BCUT2D eigenvalue weighted by atomic mass is 10.1. The van der Waals surface area contributed by atoms with Crippen LogP contribution in [0.2, 0.25) is 0 Å². The largest absolute Gasteiger partial charge is 0.384 e. The molecule has 104 valence electrons. The molecule has 1 aliphatic rings. The minimum Gasteiger partial charge on any atom is -0.384 e. The number of likely N-dealkylation sites (N-methyl/N-ethyl adjacent to an activating group) is 1. The first-order valence-corrected chi connectivity index (χ1v) is 7.41. The number of hydrogen-bond donors (Lipinski definition) is 2. The summed E-state index contributed by atoms with van der Waals surface area (Å²) in [7, 11) is 0. The summed E-state index contributed by atoms with van der Waals surface area (Å²) in [5.41, 5.74) is 7.37. The molecule has 0 bridgehead atoms. The summed E-state index contributed by atoms with van der Waals surface area (Å²) in [5, 5.41) is 7.46. The van der Waals surface area contributed by atoms with Gasteiger partial charge in [0.2, 0.25) is 0 Å². The van der Waals surface area contributed by atoms with E-state index in [2.05, 4.69) is 27.8 Å². The lowest BCUT2D eigenvalue weighted by Gasteiger charge is -2.27. The number of nitrogen functional groups attached to an aromatic ring is 1. The molecule has 0 saturated carbocycles. The number of ether oxygens (including phenoxy) is 1. The normalized spacial score (nSPS) is 18.5. The van der Waals surface area contributed by atoms with E-state index in [1.165, 1.54) is 0 Å². The predicted molar refractivity (Wildman–Crippen MR) is 82.0 cm³/mol. The number of halogens is 1. The monoisotopic (exact) mass is 325 g/mol. The third-order valence-corrected chi connectivity index (χ3v) is 4.06. The Morgan fingerprint density at radius 3 is 2.89 bits per heavy atom. The van der Waals surface area contributed by atoms with Crippen molar-refractivity contribution in [1.82, 2.24) is 0 Å². The molecule has 1 unspecified atom stereocenters. The molecule has 4 nitrogen and oxygen atoms in total. The van der Waals surface area contributed by atoms with Gasteiger partial charge in [-0.05, 0) is 53.9 Å². The topological polar surface area (TPSA) is 62.3 Å². The summed E-state index contributed by atoms with van der Waals surface area (Å²) in [4.78, 5) is 2.30. The molecule has 1 fully saturated rings. The average molecular weight is 326 g/mol. The molecule has 1 aromatic rings. The summed E-state index contributed by atoms with van der Waals surface area (Å²) >= 11 is 3.57. The Morgan fingerprint density at radius 2 is 2.37 bits per heavy atom. The van der Waals surface area contributed by atoms with E-state index in [-0.39, 0.29) is 5.84 Å². The summed E-state index contributed by atoms with van der Waals surface area (Å²) in [5.74, 6) is 0.0921. The molecule has 0 spiro atoms. The summed E-state index contributed by atoms with van der Waals surface area (Å²) in [6, 6.07) is 5.80. The SMILES string of the molecule is CCN(CC1CCCO1)c1ccc(C(=N)N)cc1Br. The molecule has 1 saturated heterocycles. The Morgan fingerprint density at radius 1 is 1.58 bits per heavy atom. The zero-order valence-corrected chi connectivity index (χ0v) is 12.7. The molecule has 19 heavy (non-hydrogen) atoms. The summed E-state index contributed by atoms with van der Waals surface area (Å²) in [6.07, 6.45) is 2.63. The molecule has 2 rings (SSSR count). The van der Waals surface area contributed by atoms with E-state index >= 15 is 0 Å². The van der Waals surface area contributed by atoms with E-state index in [1.54, 1.807) is 0 Å². The van der Waals surface area contributed by atoms with Crippen molar-refractivity contribution in [3.63, 3.8) is 0 Å². The van der Waals surface area contributed by atoms with Crippen LogP contribution in [0, 0.1) is 5.41 Å². The van der Waals surface area contributed by atoms with Crippen LogP contribution >= 0.6 is 15.9 Å². The van der Waals surface area contributed by atoms with E-state index in [1.807, 2.05) is 18.2 Å². The summed E-state index contributed by atoms with van der Waals surface area (Å²) in [6.45, 7) is 4.86. The van der Waals surface area contributed by atoms with Crippen molar-refractivity contribution in [2.24, 2.45) is 5.73 Å². The smallest absolute Gasteiger partial charge is 0.122 e. The van der Waals surface area contributed by atoms with Crippen LogP contribution in [-0.2, 0) is 4.74 Å². The molecule has 1 aliphatic heterocycles. The van der Waals surface area contributed by atoms with Crippen LogP contribution in [-0.4, -0.2) is 31.6 Å². The fourth-order valence-electron chi connectivity index (χ4n) is 2.36. The molecular weight excluding hydrogens is 306 g/mol. The Kier molecular flexibility index (Phi) is 4.82. The highest BCUT2D eigenvalue weighted by Gasteiger charge is 2.20. The van der Waals surface area contributed by atoms with Crippen molar-refractivity contribution in [2.75, 3.05) is 24.6 Å². The highest BCUT2D eigenvalue weighted by atomic mass is 79.9. The first kappa shape index (κ1) is 14.3. The van der Waals surface area contributed by atoms with E-state index in [0.29, 0.717) is 6.10 Å². The van der Waals surface area contributed by atoms with Crippen molar-refractivity contribution in [3.8, 4) is 0 Å². The van der Waals surface area contributed by atoms with E-state index < -0.39 is 0 Å². The van der Waals surface area contributed by atoms with Crippen LogP contribution in [0.4, 0.5) is 5.69 Å². The van der Waals surface area contributed by atoms with Gasteiger partial charge in [-0.25, -0.2) is 0 Å². The molecule has 5 heteroatoms. The fraction of sp³-hybridized carbons (Fsp3) is 0.500. The lowest BCUT2D eigenvalue weighted by Crippen LogP contribution is -2.32. The van der Waals surface area contributed by atoms with Gasteiger partial charge in [0, 0.05) is 29.7 Å². The number of benzene rings is 1. The molecular formula is C14H20BrN3O. The first-order chi connectivity index (χ1) is 9.11. The third-order valence-electron chi connectivity index (χ3n) is 3.43. The van der Waals surface area contributed by atoms with Gasteiger partial charge < -0.3 is 15.4 Å². The van der Waals surface area contributed by atoms with Crippen molar-refractivity contribution in [3.05, 3.63) is 28.2 Å². The quantitative estimate of drug-likeness (QED) is 0.646. The van der Waals surface area contributed by atoms with Gasteiger partial charge >= 0.3 is 0 Å². The maximum Gasteiger partial charge on any atom is 0.122 e. The highest BCUT2D eigenvalue weighted by Crippen LogP contribution is 2.28. The molecule has 0 radical (unpaired) electrons. The zero-order valence-electron chi connectivity index (χ0n) is 11.2. The van der Waals surface area contributed by atoms with E-state index in [9.17, 15) is 0 Å². The van der Waals surface area contributed by atoms with Crippen molar-refractivity contribution >= 4 is 27.5 Å². The van der Waals surface area contributed by atoms with Gasteiger partial charge in [0.25, 0.3) is 0 Å². The fourth-order valence-corrected chi connectivity index (χ4v) is 2.99. The van der Waals surface area contributed by atoms with Crippen molar-refractivity contribution in [1.29, 1.82) is 5.41 Å². The number of amidine groups is 1. The van der Waals surface area contributed by atoms with E-state index in [4.69, 9.17) is 15.9 Å². The molecule has 1 heterocycles. The second-order valence-electron chi connectivity index (χ2n) is 4.75. The Labute approximate surface area is 122 Å². The van der Waals surface area contributed by atoms with Gasteiger partial charge in [0.1, 0.15) is 5.84 Å². The van der Waals surface area contributed by atoms with Gasteiger partial charge in [-0.3, -0.25) is 5.41 Å². The van der Waals surface area contributed by atoms with Gasteiger partial charge in [-0.15, -0.1) is 0 Å². The van der Waals surface area contributed by atoms with Gasteiger partial charge in [0.15, 0.2) is 0 Å². The Bertz CT molecular complexity index is 458. The molecule has 1 aromatic carbocycles. The maximum atomic E-state index is 7.46. The molecule has 1 atom stereocenters. The van der Waals surface area contributed by atoms with Crippen LogP contribution in [0.15, 0.2) is 22.7 Å². The number of nitrogens with one attached hydrogen (secondary N) is 1. The molecule has 3 N–H and O–H groups in total. The van der Waals surface area contributed by atoms with Crippen LogP contribution in [0.25, 0.3) is 0 Å². The van der Waals surface area contributed by atoms with Crippen molar-refractivity contribution in [2.45, 2.75) is 25.9 Å². The second kappa shape index (κ2) is 6.39. The lowest BCUT2D eigenvalue weighted by molar-refractivity contribution is 0.115. The van der Waals surface area contributed by atoms with Crippen LogP contribution in [0.3, 0.4) is 0 Å². The first-order valence-electron chi connectivity index (χ1n) is 6.62. The maximum absolute atomic E-state index is 7.46. The molecule has 0 aliphatic carbocycles. The molecule has 0 aromatic heterocycles. The van der Waals surface area contributed by atoms with Gasteiger partial charge in [0.05, 0.1) is 11.8 Å². The predicted octanol–water partition coefficient (Wildman–Crippen LogP) is 2.74.